The fourth-order valence-electron chi connectivity index (χ4n) is 3.84. The summed E-state index contributed by atoms with van der Waals surface area (Å²) >= 11 is 0. The monoisotopic (exact) mass is 426 g/mol. The van der Waals surface area contributed by atoms with Crippen LogP contribution >= 0.6 is 0 Å². The molecule has 0 aliphatic rings. The van der Waals surface area contributed by atoms with E-state index in [-0.39, 0.29) is 24.7 Å². The number of carbonyl (C=O) groups excluding carboxylic acids is 2. The van der Waals surface area contributed by atoms with Crippen molar-refractivity contribution in [2.75, 3.05) is 0 Å². The lowest BCUT2D eigenvalue weighted by atomic mass is 10.1. The number of hydrogen-bond acceptors (Lipinski definition) is 3. The highest BCUT2D eigenvalue weighted by Crippen LogP contribution is 2.29. The average Bonchev–Trinajstić information content (AvgIpc) is 3.15. The quantitative estimate of drug-likeness (QED) is 0.324. The molecule has 0 saturated heterocycles. The van der Waals surface area contributed by atoms with Gasteiger partial charge in [0.1, 0.15) is 0 Å². The van der Waals surface area contributed by atoms with Crippen LogP contribution in [0.2, 0.25) is 0 Å². The summed E-state index contributed by atoms with van der Waals surface area (Å²) in [5, 5.41) is 9.24. The Balaban J connectivity index is 1.32. The van der Waals surface area contributed by atoms with E-state index in [1.165, 1.54) is 16.4 Å². The predicted octanol–water partition coefficient (Wildman–Crippen LogP) is 4.36. The molecule has 1 aromatic heterocycles. The fourth-order valence-corrected chi connectivity index (χ4v) is 3.84. The van der Waals surface area contributed by atoms with Crippen molar-refractivity contribution >= 4 is 39.8 Å². The number of hydrogen-bond donors (Lipinski definition) is 2. The molecule has 1 heterocycles. The lowest BCUT2D eigenvalue weighted by molar-refractivity contribution is -0.126. The molecule has 0 unspecified atom stereocenters. The van der Waals surface area contributed by atoms with Crippen molar-refractivity contribution in [1.29, 1.82) is 0 Å². The lowest BCUT2D eigenvalue weighted by Gasteiger charge is -2.05. The molecule has 0 spiro atoms. The molecule has 0 bridgehead atoms. The SMILES string of the molecule is CCn1c2ccccc2c2cc(/C=N\NC(=O)CCC(=O)NCc3ccccc3)ccc21. The average molecular weight is 427 g/mol. The molecule has 4 rings (SSSR count). The molecule has 4 aromatic rings. The molecule has 0 aliphatic carbocycles. The maximum atomic E-state index is 12.0. The Bertz CT molecular complexity index is 1280. The first kappa shape index (κ1) is 21.3. The van der Waals surface area contributed by atoms with Crippen LogP contribution < -0.4 is 10.7 Å². The van der Waals surface area contributed by atoms with Crippen LogP contribution in [-0.2, 0) is 22.7 Å². The number of para-hydroxylation sites is 1. The van der Waals surface area contributed by atoms with Crippen molar-refractivity contribution in [3.8, 4) is 0 Å². The van der Waals surface area contributed by atoms with Gasteiger partial charge in [-0.3, -0.25) is 9.59 Å². The summed E-state index contributed by atoms with van der Waals surface area (Å²) in [5.41, 5.74) is 6.81. The molecule has 6 heteroatoms. The molecular weight excluding hydrogens is 400 g/mol. The van der Waals surface area contributed by atoms with Crippen molar-refractivity contribution in [1.82, 2.24) is 15.3 Å². The van der Waals surface area contributed by atoms with E-state index in [4.69, 9.17) is 0 Å². The molecule has 32 heavy (non-hydrogen) atoms. The van der Waals surface area contributed by atoms with Crippen LogP contribution in [0.5, 0.6) is 0 Å². The molecule has 6 nitrogen and oxygen atoms in total. The lowest BCUT2D eigenvalue weighted by Crippen LogP contribution is -2.25. The Morgan fingerprint density at radius 1 is 0.875 bits per heavy atom. The van der Waals surface area contributed by atoms with E-state index in [2.05, 4.69) is 51.6 Å². The fraction of sp³-hybridized carbons (Fsp3) is 0.192. The Labute approximate surface area is 186 Å². The first-order chi connectivity index (χ1) is 15.7. The van der Waals surface area contributed by atoms with Gasteiger partial charge in [0, 0.05) is 47.7 Å². The zero-order valence-corrected chi connectivity index (χ0v) is 18.0. The zero-order chi connectivity index (χ0) is 22.3. The van der Waals surface area contributed by atoms with Gasteiger partial charge in [0.05, 0.1) is 6.21 Å². The maximum Gasteiger partial charge on any atom is 0.240 e. The minimum absolute atomic E-state index is 0.0843. The normalized spacial score (nSPS) is 11.3. The second-order valence-electron chi connectivity index (χ2n) is 7.59. The van der Waals surface area contributed by atoms with Crippen LogP contribution in [0.15, 0.2) is 77.9 Å². The molecule has 2 N–H and O–H groups in total. The van der Waals surface area contributed by atoms with Gasteiger partial charge < -0.3 is 9.88 Å². The van der Waals surface area contributed by atoms with E-state index in [0.717, 1.165) is 23.1 Å². The van der Waals surface area contributed by atoms with Crippen molar-refractivity contribution in [3.05, 3.63) is 83.9 Å². The minimum atomic E-state index is -0.292. The zero-order valence-electron chi connectivity index (χ0n) is 18.0. The number of benzene rings is 3. The molecule has 0 aliphatic heterocycles. The number of carbonyl (C=O) groups is 2. The highest BCUT2D eigenvalue weighted by Gasteiger charge is 2.09. The summed E-state index contributed by atoms with van der Waals surface area (Å²) in [4.78, 5) is 24.0. The molecule has 0 radical (unpaired) electrons. The predicted molar refractivity (Wildman–Crippen MR) is 128 cm³/mol. The number of nitrogens with one attached hydrogen (secondary N) is 2. The van der Waals surface area contributed by atoms with Gasteiger partial charge in [-0.05, 0) is 36.2 Å². The van der Waals surface area contributed by atoms with Crippen molar-refractivity contribution in [2.45, 2.75) is 32.9 Å². The first-order valence-electron chi connectivity index (χ1n) is 10.8. The van der Waals surface area contributed by atoms with Crippen LogP contribution in [0.4, 0.5) is 0 Å². The van der Waals surface area contributed by atoms with Gasteiger partial charge in [-0.25, -0.2) is 5.43 Å². The topological polar surface area (TPSA) is 75.5 Å². The summed E-state index contributed by atoms with van der Waals surface area (Å²) in [6.07, 6.45) is 1.84. The van der Waals surface area contributed by atoms with E-state index >= 15 is 0 Å². The Morgan fingerprint density at radius 3 is 2.41 bits per heavy atom. The number of rotatable bonds is 8. The van der Waals surface area contributed by atoms with Gasteiger partial charge in [0.25, 0.3) is 0 Å². The standard InChI is InChI=1S/C26H26N4O2/c1-2-30-23-11-7-6-10-21(23)22-16-20(12-13-24(22)30)18-28-29-26(32)15-14-25(31)27-17-19-8-4-3-5-9-19/h3-13,16,18H,2,14-15,17H2,1H3,(H,27,31)(H,29,32)/b28-18-. The van der Waals surface area contributed by atoms with Gasteiger partial charge in [-0.1, -0.05) is 54.6 Å². The molecular formula is C26H26N4O2. The largest absolute Gasteiger partial charge is 0.352 e. The molecule has 2 amide bonds. The van der Waals surface area contributed by atoms with Crippen molar-refractivity contribution in [2.24, 2.45) is 5.10 Å². The molecule has 0 saturated carbocycles. The van der Waals surface area contributed by atoms with Gasteiger partial charge in [-0.15, -0.1) is 0 Å². The van der Waals surface area contributed by atoms with E-state index < -0.39 is 0 Å². The second-order valence-corrected chi connectivity index (χ2v) is 7.59. The Hall–Kier alpha value is -3.93. The molecule has 162 valence electrons. The van der Waals surface area contributed by atoms with Crippen LogP contribution in [-0.4, -0.2) is 22.6 Å². The van der Waals surface area contributed by atoms with Gasteiger partial charge in [-0.2, -0.15) is 5.10 Å². The number of aromatic nitrogens is 1. The number of aryl methyl sites for hydroxylation is 1. The minimum Gasteiger partial charge on any atom is -0.352 e. The van der Waals surface area contributed by atoms with Gasteiger partial charge >= 0.3 is 0 Å². The second kappa shape index (κ2) is 9.92. The van der Waals surface area contributed by atoms with E-state index in [1.54, 1.807) is 6.21 Å². The number of nitrogens with zero attached hydrogens (tertiary/aromatic N) is 2. The van der Waals surface area contributed by atoms with Crippen LogP contribution in [0.1, 0.15) is 30.9 Å². The highest BCUT2D eigenvalue weighted by atomic mass is 16.2. The third kappa shape index (κ3) is 4.86. The Kier molecular flexibility index (Phi) is 6.60. The molecule has 3 aromatic carbocycles. The maximum absolute atomic E-state index is 12.0. The summed E-state index contributed by atoms with van der Waals surface area (Å²) < 4.78 is 2.29. The van der Waals surface area contributed by atoms with Gasteiger partial charge in [0.15, 0.2) is 0 Å². The van der Waals surface area contributed by atoms with Gasteiger partial charge in [0.2, 0.25) is 11.8 Å². The highest BCUT2D eigenvalue weighted by molar-refractivity contribution is 6.09. The third-order valence-corrected chi connectivity index (χ3v) is 5.43. The number of fused-ring (bicyclic) bond motifs is 3. The van der Waals surface area contributed by atoms with E-state index in [1.807, 2.05) is 48.5 Å². The summed E-state index contributed by atoms with van der Waals surface area (Å²) in [5.74, 6) is -0.453. The summed E-state index contributed by atoms with van der Waals surface area (Å²) in [6.45, 7) is 3.49. The first-order valence-corrected chi connectivity index (χ1v) is 10.8. The molecule has 0 atom stereocenters. The smallest absolute Gasteiger partial charge is 0.240 e. The number of amides is 2. The third-order valence-electron chi connectivity index (χ3n) is 5.43. The van der Waals surface area contributed by atoms with Crippen LogP contribution in [0.3, 0.4) is 0 Å². The van der Waals surface area contributed by atoms with Crippen molar-refractivity contribution < 1.29 is 9.59 Å². The molecule has 0 fully saturated rings. The number of hydrazone groups is 1. The Morgan fingerprint density at radius 2 is 1.59 bits per heavy atom. The van der Waals surface area contributed by atoms with Crippen LogP contribution in [0, 0.1) is 0 Å². The summed E-state index contributed by atoms with van der Waals surface area (Å²) in [7, 11) is 0. The van der Waals surface area contributed by atoms with E-state index in [0.29, 0.717) is 6.54 Å². The van der Waals surface area contributed by atoms with E-state index in [9.17, 15) is 9.59 Å². The van der Waals surface area contributed by atoms with Crippen LogP contribution in [0.25, 0.3) is 21.8 Å². The summed E-state index contributed by atoms with van der Waals surface area (Å²) in [6, 6.07) is 24.1. The van der Waals surface area contributed by atoms with Crippen molar-refractivity contribution in [3.63, 3.8) is 0 Å².